The van der Waals surface area contributed by atoms with Crippen LogP contribution in [0.1, 0.15) is 28.7 Å². The molecule has 0 fully saturated rings. The second-order valence-corrected chi connectivity index (χ2v) is 4.76. The van der Waals surface area contributed by atoms with Crippen LogP contribution in [-0.2, 0) is 17.8 Å². The van der Waals surface area contributed by atoms with Crippen LogP contribution in [0.5, 0.6) is 0 Å². The number of aryl methyl sites for hydroxylation is 2. The molecule has 3 nitrogen and oxygen atoms in total. The molecule has 1 aromatic heterocycles. The average Bonchev–Trinajstić information content (AvgIpc) is 2.49. The summed E-state index contributed by atoms with van der Waals surface area (Å²) in [5, 5.41) is 8.82. The molecule has 0 saturated heterocycles. The summed E-state index contributed by atoms with van der Waals surface area (Å²) in [6, 6.07) is 11.9. The van der Waals surface area contributed by atoms with Gasteiger partial charge in [0.2, 0.25) is 0 Å². The van der Waals surface area contributed by atoms with Crippen molar-refractivity contribution >= 4 is 0 Å². The van der Waals surface area contributed by atoms with E-state index in [4.69, 9.17) is 10.00 Å². The number of nitriles is 1. The van der Waals surface area contributed by atoms with Gasteiger partial charge in [-0.1, -0.05) is 6.07 Å². The second-order valence-electron chi connectivity index (χ2n) is 4.76. The van der Waals surface area contributed by atoms with Gasteiger partial charge in [-0.2, -0.15) is 5.26 Å². The maximum Gasteiger partial charge on any atom is 0.0991 e. The first-order valence-corrected chi connectivity index (χ1v) is 6.76. The third kappa shape index (κ3) is 4.18. The first-order chi connectivity index (χ1) is 9.79. The predicted molar refractivity (Wildman–Crippen MR) is 78.1 cm³/mol. The Morgan fingerprint density at radius 1 is 1.20 bits per heavy atom. The van der Waals surface area contributed by atoms with Crippen LogP contribution in [-0.4, -0.2) is 11.6 Å². The highest BCUT2D eigenvalue weighted by Crippen LogP contribution is 2.12. The van der Waals surface area contributed by atoms with Crippen LogP contribution >= 0.6 is 0 Å². The summed E-state index contributed by atoms with van der Waals surface area (Å²) in [6.07, 6.45) is 5.64. The van der Waals surface area contributed by atoms with E-state index in [1.807, 2.05) is 49.6 Å². The van der Waals surface area contributed by atoms with Gasteiger partial charge in [-0.15, -0.1) is 0 Å². The zero-order valence-electron chi connectivity index (χ0n) is 11.7. The zero-order chi connectivity index (χ0) is 14.2. The lowest BCUT2D eigenvalue weighted by atomic mass is 10.1. The summed E-state index contributed by atoms with van der Waals surface area (Å²) in [5.74, 6) is 0. The van der Waals surface area contributed by atoms with Crippen molar-refractivity contribution in [3.05, 3.63) is 65.0 Å². The summed E-state index contributed by atoms with van der Waals surface area (Å²) < 4.78 is 5.70. The predicted octanol–water partition coefficient (Wildman–Crippen LogP) is 3.41. The number of hydrogen-bond acceptors (Lipinski definition) is 3. The number of pyridine rings is 1. The van der Waals surface area contributed by atoms with E-state index >= 15 is 0 Å². The number of nitrogens with zero attached hydrogens (tertiary/aromatic N) is 2. The Balaban J connectivity index is 1.72. The molecular formula is C17H18N2O. The number of ether oxygens (including phenoxy) is 1. The number of rotatable bonds is 6. The van der Waals surface area contributed by atoms with Crippen molar-refractivity contribution in [2.24, 2.45) is 0 Å². The van der Waals surface area contributed by atoms with E-state index in [2.05, 4.69) is 11.1 Å². The lowest BCUT2D eigenvalue weighted by molar-refractivity contribution is 0.118. The third-order valence-electron chi connectivity index (χ3n) is 3.23. The summed E-state index contributed by atoms with van der Waals surface area (Å²) in [7, 11) is 0. The summed E-state index contributed by atoms with van der Waals surface area (Å²) in [4.78, 5) is 4.00. The molecule has 0 aliphatic heterocycles. The maximum absolute atomic E-state index is 8.82. The molecule has 0 aliphatic carbocycles. The molecular weight excluding hydrogens is 248 g/mol. The smallest absolute Gasteiger partial charge is 0.0991 e. The van der Waals surface area contributed by atoms with Gasteiger partial charge >= 0.3 is 0 Å². The molecule has 0 N–H and O–H groups in total. The molecule has 0 radical (unpaired) electrons. The molecule has 0 unspecified atom stereocenters. The lowest BCUT2D eigenvalue weighted by Gasteiger charge is -2.07. The SMILES string of the molecule is Cc1cc(C#N)ccc1COCCCc1ccncc1. The van der Waals surface area contributed by atoms with Gasteiger partial charge in [0, 0.05) is 19.0 Å². The molecule has 20 heavy (non-hydrogen) atoms. The van der Waals surface area contributed by atoms with Crippen molar-refractivity contribution in [2.75, 3.05) is 6.61 Å². The maximum atomic E-state index is 8.82. The standard InChI is InChI=1S/C17H18N2O/c1-14-11-16(12-18)4-5-17(14)13-20-10-2-3-15-6-8-19-9-7-15/h4-9,11H,2-3,10,13H2,1H3. The molecule has 0 amide bonds. The van der Waals surface area contributed by atoms with E-state index in [0.29, 0.717) is 12.2 Å². The minimum absolute atomic E-state index is 0.605. The van der Waals surface area contributed by atoms with Crippen molar-refractivity contribution in [1.82, 2.24) is 4.98 Å². The fraction of sp³-hybridized carbons (Fsp3) is 0.294. The summed E-state index contributed by atoms with van der Waals surface area (Å²) in [6.45, 7) is 3.35. The molecule has 0 saturated carbocycles. The topological polar surface area (TPSA) is 45.9 Å². The molecule has 2 aromatic rings. The van der Waals surface area contributed by atoms with Crippen molar-refractivity contribution in [1.29, 1.82) is 5.26 Å². The van der Waals surface area contributed by atoms with Crippen LogP contribution in [0, 0.1) is 18.3 Å². The van der Waals surface area contributed by atoms with E-state index in [-0.39, 0.29) is 0 Å². The first kappa shape index (κ1) is 14.2. The number of aromatic nitrogens is 1. The normalized spacial score (nSPS) is 10.2. The van der Waals surface area contributed by atoms with E-state index < -0.39 is 0 Å². The minimum Gasteiger partial charge on any atom is -0.377 e. The van der Waals surface area contributed by atoms with Gasteiger partial charge in [0.1, 0.15) is 0 Å². The molecule has 1 heterocycles. The highest BCUT2D eigenvalue weighted by Gasteiger charge is 2.00. The van der Waals surface area contributed by atoms with E-state index in [9.17, 15) is 0 Å². The van der Waals surface area contributed by atoms with Crippen LogP contribution in [0.2, 0.25) is 0 Å². The largest absolute Gasteiger partial charge is 0.377 e. The van der Waals surface area contributed by atoms with Gasteiger partial charge in [0.05, 0.1) is 18.2 Å². The average molecular weight is 266 g/mol. The van der Waals surface area contributed by atoms with Crippen LogP contribution in [0.3, 0.4) is 0 Å². The number of hydrogen-bond donors (Lipinski definition) is 0. The summed E-state index contributed by atoms with van der Waals surface area (Å²) in [5.41, 5.74) is 4.24. The molecule has 102 valence electrons. The Kier molecular flexibility index (Phi) is 5.28. The fourth-order valence-corrected chi connectivity index (χ4v) is 2.04. The number of benzene rings is 1. The van der Waals surface area contributed by atoms with Gasteiger partial charge in [-0.3, -0.25) is 4.98 Å². The van der Waals surface area contributed by atoms with Crippen LogP contribution in [0.15, 0.2) is 42.7 Å². The van der Waals surface area contributed by atoms with E-state index in [0.717, 1.165) is 30.6 Å². The van der Waals surface area contributed by atoms with Gasteiger partial charge < -0.3 is 4.74 Å². The van der Waals surface area contributed by atoms with Crippen LogP contribution < -0.4 is 0 Å². The lowest BCUT2D eigenvalue weighted by Crippen LogP contribution is -1.99. The first-order valence-electron chi connectivity index (χ1n) is 6.76. The fourth-order valence-electron chi connectivity index (χ4n) is 2.04. The van der Waals surface area contributed by atoms with Gasteiger partial charge in [-0.05, 0) is 60.7 Å². The van der Waals surface area contributed by atoms with Crippen molar-refractivity contribution < 1.29 is 4.74 Å². The van der Waals surface area contributed by atoms with E-state index in [1.54, 1.807) is 0 Å². The van der Waals surface area contributed by atoms with Crippen LogP contribution in [0.25, 0.3) is 0 Å². The molecule has 0 aliphatic rings. The van der Waals surface area contributed by atoms with E-state index in [1.165, 1.54) is 5.56 Å². The minimum atomic E-state index is 0.605. The molecule has 0 atom stereocenters. The molecule has 3 heteroatoms. The Hall–Kier alpha value is -2.18. The molecule has 0 spiro atoms. The van der Waals surface area contributed by atoms with Gasteiger partial charge in [0.15, 0.2) is 0 Å². The molecule has 1 aromatic carbocycles. The monoisotopic (exact) mass is 266 g/mol. The second kappa shape index (κ2) is 7.42. The summed E-state index contributed by atoms with van der Waals surface area (Å²) >= 11 is 0. The molecule has 2 rings (SSSR count). The third-order valence-corrected chi connectivity index (χ3v) is 3.23. The van der Waals surface area contributed by atoms with Crippen molar-refractivity contribution in [2.45, 2.75) is 26.4 Å². The highest BCUT2D eigenvalue weighted by atomic mass is 16.5. The quantitative estimate of drug-likeness (QED) is 0.753. The highest BCUT2D eigenvalue weighted by molar-refractivity contribution is 5.37. The Labute approximate surface area is 119 Å². The van der Waals surface area contributed by atoms with Crippen molar-refractivity contribution in [3.63, 3.8) is 0 Å². The Bertz CT molecular complexity index is 588. The van der Waals surface area contributed by atoms with Gasteiger partial charge in [-0.25, -0.2) is 0 Å². The molecule has 0 bridgehead atoms. The Morgan fingerprint density at radius 2 is 2.00 bits per heavy atom. The zero-order valence-corrected chi connectivity index (χ0v) is 11.7. The Morgan fingerprint density at radius 3 is 2.70 bits per heavy atom. The van der Waals surface area contributed by atoms with Crippen molar-refractivity contribution in [3.8, 4) is 6.07 Å². The van der Waals surface area contributed by atoms with Gasteiger partial charge in [0.25, 0.3) is 0 Å². The van der Waals surface area contributed by atoms with Crippen LogP contribution in [0.4, 0.5) is 0 Å².